The zero-order valence-corrected chi connectivity index (χ0v) is 28.3. The van der Waals surface area contributed by atoms with E-state index in [9.17, 15) is 35.1 Å². The minimum Gasteiger partial charge on any atom is -0.462 e. The molecule has 0 aromatic carbocycles. The van der Waals surface area contributed by atoms with Crippen molar-refractivity contribution in [1.29, 1.82) is 0 Å². The SMILES string of the molecule is CC(=O)O[C@H]1C[C@H](O[C@@H]2O[C@H](CO)[C@@H](O)[C@H](O)[C@H]2O)CC2=CC[C@H]3[C@@H]4CC[C@H]([C@H](C)[C@H]5CC(C)=C(CO)C(=O)O5)[C@@]4(C)CC[C@@H]3[C@]21C. The van der Waals surface area contributed by atoms with Crippen LogP contribution in [-0.4, -0.2) is 99.7 Å². The Labute approximate surface area is 277 Å². The quantitative estimate of drug-likeness (QED) is 0.200. The van der Waals surface area contributed by atoms with Gasteiger partial charge in [-0.15, -0.1) is 0 Å². The Morgan fingerprint density at radius 3 is 2.47 bits per heavy atom. The fourth-order valence-corrected chi connectivity index (χ4v) is 11.0. The molecule has 11 nitrogen and oxygen atoms in total. The van der Waals surface area contributed by atoms with Gasteiger partial charge in [0.15, 0.2) is 6.29 Å². The predicted octanol–water partition coefficient (Wildman–Crippen LogP) is 2.55. The molecule has 1 saturated heterocycles. The molecule has 0 aromatic rings. The number of rotatable bonds is 7. The van der Waals surface area contributed by atoms with Gasteiger partial charge in [-0.3, -0.25) is 4.79 Å². The van der Waals surface area contributed by atoms with Crippen LogP contribution in [-0.2, 0) is 28.5 Å². The number of carbonyl (C=O) groups excluding carboxylic acids is 2. The van der Waals surface area contributed by atoms with Gasteiger partial charge in [-0.25, -0.2) is 4.79 Å². The summed E-state index contributed by atoms with van der Waals surface area (Å²) in [7, 11) is 0. The maximum atomic E-state index is 12.7. The summed E-state index contributed by atoms with van der Waals surface area (Å²) in [5.41, 5.74) is 2.18. The summed E-state index contributed by atoms with van der Waals surface area (Å²) in [6.07, 6.45) is 1.10. The minimum absolute atomic E-state index is 0.0872. The Bertz CT molecular complexity index is 1280. The molecule has 0 spiro atoms. The number of esters is 2. The standard InChI is InChI=1S/C36H54O11/c1-17-12-27(46-33(43)23(17)15-37)18(2)24-8-9-25-22-7-6-20-13-21(45-34-32(42)31(41)30(40)28(16-38)47-34)14-29(44-19(3)39)36(20,5)26(22)10-11-35(24,25)4/h6,18,21-22,24-32,34,37-38,40-42H,7-16H2,1-5H3/t18-,21+,22-,24+,25-,26-,27+,28+,29-,30+,31-,32+,34+,35+,36-/m0/s1. The highest BCUT2D eigenvalue weighted by Gasteiger charge is 2.63. The lowest BCUT2D eigenvalue weighted by atomic mass is 9.46. The first kappa shape index (κ1) is 35.0. The lowest BCUT2D eigenvalue weighted by Gasteiger charge is -2.60. The molecule has 0 radical (unpaired) electrons. The Hall–Kier alpha value is -1.86. The van der Waals surface area contributed by atoms with Gasteiger partial charge in [0.1, 0.15) is 36.6 Å². The zero-order chi connectivity index (χ0) is 34.0. The Morgan fingerprint density at radius 2 is 1.81 bits per heavy atom. The monoisotopic (exact) mass is 662 g/mol. The molecule has 4 aliphatic carbocycles. The van der Waals surface area contributed by atoms with Crippen LogP contribution in [0.3, 0.4) is 0 Å². The van der Waals surface area contributed by atoms with Crippen molar-refractivity contribution in [3.8, 4) is 0 Å². The van der Waals surface area contributed by atoms with E-state index in [1.165, 1.54) is 12.5 Å². The average Bonchev–Trinajstić information content (AvgIpc) is 3.38. The smallest absolute Gasteiger partial charge is 0.336 e. The van der Waals surface area contributed by atoms with Crippen LogP contribution < -0.4 is 0 Å². The molecule has 5 N–H and O–H groups in total. The highest BCUT2D eigenvalue weighted by atomic mass is 16.7. The lowest BCUT2D eigenvalue weighted by molar-refractivity contribution is -0.315. The fourth-order valence-electron chi connectivity index (χ4n) is 11.0. The molecular weight excluding hydrogens is 608 g/mol. The van der Waals surface area contributed by atoms with Crippen molar-refractivity contribution in [3.05, 3.63) is 22.8 Å². The van der Waals surface area contributed by atoms with Crippen LogP contribution in [0.2, 0.25) is 0 Å². The second-order valence-corrected chi connectivity index (χ2v) is 15.8. The largest absolute Gasteiger partial charge is 0.462 e. The zero-order valence-electron chi connectivity index (χ0n) is 28.3. The van der Waals surface area contributed by atoms with Gasteiger partial charge in [-0.2, -0.15) is 0 Å². The van der Waals surface area contributed by atoms with E-state index in [0.29, 0.717) is 48.5 Å². The van der Waals surface area contributed by atoms with Crippen LogP contribution >= 0.6 is 0 Å². The fraction of sp³-hybridized carbons (Fsp3) is 0.833. The second-order valence-electron chi connectivity index (χ2n) is 15.8. The average molecular weight is 663 g/mol. The van der Waals surface area contributed by atoms with Crippen molar-refractivity contribution >= 4 is 11.9 Å². The first-order valence-electron chi connectivity index (χ1n) is 17.6. The lowest BCUT2D eigenvalue weighted by Crippen LogP contribution is -2.61. The van der Waals surface area contributed by atoms with E-state index in [4.69, 9.17) is 18.9 Å². The van der Waals surface area contributed by atoms with E-state index in [1.54, 1.807) is 0 Å². The van der Waals surface area contributed by atoms with Crippen molar-refractivity contribution in [1.82, 2.24) is 0 Å². The second kappa shape index (κ2) is 13.1. The summed E-state index contributed by atoms with van der Waals surface area (Å²) in [6.45, 7) is 9.42. The van der Waals surface area contributed by atoms with Crippen molar-refractivity contribution in [3.63, 3.8) is 0 Å². The summed E-state index contributed by atoms with van der Waals surface area (Å²) in [5.74, 6) is 1.03. The molecule has 47 heavy (non-hydrogen) atoms. The molecule has 0 amide bonds. The molecule has 11 heteroatoms. The molecule has 0 aromatic heterocycles. The first-order valence-corrected chi connectivity index (χ1v) is 17.6. The molecule has 2 aliphatic heterocycles. The summed E-state index contributed by atoms with van der Waals surface area (Å²) in [6, 6.07) is 0. The number of ether oxygens (including phenoxy) is 4. The third-order valence-electron chi connectivity index (χ3n) is 13.6. The van der Waals surface area contributed by atoms with Crippen LogP contribution in [0.5, 0.6) is 0 Å². The number of cyclic esters (lactones) is 1. The number of hydrogen-bond acceptors (Lipinski definition) is 11. The maximum Gasteiger partial charge on any atom is 0.336 e. The van der Waals surface area contributed by atoms with E-state index in [2.05, 4.69) is 26.8 Å². The molecule has 264 valence electrons. The van der Waals surface area contributed by atoms with Crippen LogP contribution in [0.15, 0.2) is 22.8 Å². The summed E-state index contributed by atoms with van der Waals surface area (Å²) < 4.78 is 23.9. The molecule has 6 aliphatic rings. The molecule has 3 saturated carbocycles. The Kier molecular flexibility index (Phi) is 9.76. The molecule has 2 heterocycles. The van der Waals surface area contributed by atoms with Gasteiger partial charge in [-0.1, -0.05) is 38.0 Å². The van der Waals surface area contributed by atoms with Gasteiger partial charge in [0.2, 0.25) is 0 Å². The van der Waals surface area contributed by atoms with Gasteiger partial charge in [0.05, 0.1) is 24.9 Å². The van der Waals surface area contributed by atoms with Gasteiger partial charge < -0.3 is 44.5 Å². The third kappa shape index (κ3) is 5.81. The molecule has 0 unspecified atom stereocenters. The Morgan fingerprint density at radius 1 is 1.06 bits per heavy atom. The van der Waals surface area contributed by atoms with E-state index in [0.717, 1.165) is 37.7 Å². The highest BCUT2D eigenvalue weighted by Crippen LogP contribution is 2.68. The van der Waals surface area contributed by atoms with Gasteiger partial charge in [0, 0.05) is 25.2 Å². The summed E-state index contributed by atoms with van der Waals surface area (Å²) in [5, 5.41) is 50.4. The summed E-state index contributed by atoms with van der Waals surface area (Å²) in [4.78, 5) is 25.2. The number of aliphatic hydroxyl groups excluding tert-OH is 5. The van der Waals surface area contributed by atoms with Crippen molar-refractivity contribution in [2.45, 2.75) is 135 Å². The molecular formula is C36H54O11. The van der Waals surface area contributed by atoms with Gasteiger partial charge in [-0.05, 0) is 80.5 Å². The highest BCUT2D eigenvalue weighted by molar-refractivity contribution is 5.90. The number of aliphatic hydroxyl groups is 5. The van der Waals surface area contributed by atoms with Crippen LogP contribution in [0.25, 0.3) is 0 Å². The predicted molar refractivity (Wildman–Crippen MR) is 168 cm³/mol. The third-order valence-corrected chi connectivity index (χ3v) is 13.6. The number of allylic oxidation sites excluding steroid dienone is 1. The Balaban J connectivity index is 1.22. The van der Waals surface area contributed by atoms with Gasteiger partial charge >= 0.3 is 11.9 Å². The molecule has 15 atom stereocenters. The van der Waals surface area contributed by atoms with Gasteiger partial charge in [0.25, 0.3) is 0 Å². The van der Waals surface area contributed by atoms with Crippen molar-refractivity contribution in [2.75, 3.05) is 13.2 Å². The normalized spacial score (nSPS) is 47.3. The van der Waals surface area contributed by atoms with Crippen LogP contribution in [0, 0.1) is 40.4 Å². The van der Waals surface area contributed by atoms with E-state index in [-0.39, 0.29) is 30.0 Å². The molecule has 0 bridgehead atoms. The van der Waals surface area contributed by atoms with E-state index < -0.39 is 60.9 Å². The topological polar surface area (TPSA) is 172 Å². The van der Waals surface area contributed by atoms with Crippen molar-refractivity contribution < 1.29 is 54.1 Å². The number of carbonyl (C=O) groups is 2. The molecule has 6 rings (SSSR count). The minimum atomic E-state index is -1.53. The van der Waals surface area contributed by atoms with Crippen LogP contribution in [0.1, 0.15) is 86.0 Å². The van der Waals surface area contributed by atoms with Crippen molar-refractivity contribution in [2.24, 2.45) is 40.4 Å². The van der Waals surface area contributed by atoms with Crippen LogP contribution in [0.4, 0.5) is 0 Å². The molecule has 4 fully saturated rings. The number of hydrogen-bond donors (Lipinski definition) is 5. The maximum absolute atomic E-state index is 12.7. The summed E-state index contributed by atoms with van der Waals surface area (Å²) >= 11 is 0. The van der Waals surface area contributed by atoms with E-state index >= 15 is 0 Å². The number of fused-ring (bicyclic) bond motifs is 5. The van der Waals surface area contributed by atoms with E-state index in [1.807, 2.05) is 6.92 Å². The first-order chi connectivity index (χ1) is 22.2.